The number of aliphatic hydroxyl groups is 2. The van der Waals surface area contributed by atoms with E-state index in [1.165, 1.54) is 0 Å². The van der Waals surface area contributed by atoms with Gasteiger partial charge >= 0.3 is 0 Å². The van der Waals surface area contributed by atoms with Crippen molar-refractivity contribution in [2.75, 3.05) is 0 Å². The van der Waals surface area contributed by atoms with E-state index in [4.69, 9.17) is 0 Å². The molecular formula is C15H26O3. The number of hydrogen-bond donors (Lipinski definition) is 2. The summed E-state index contributed by atoms with van der Waals surface area (Å²) >= 11 is 0. The maximum absolute atomic E-state index is 12.7. The first-order valence-corrected chi connectivity index (χ1v) is 7.14. The van der Waals surface area contributed by atoms with Crippen LogP contribution in [0.5, 0.6) is 0 Å². The molecule has 2 rings (SSSR count). The van der Waals surface area contributed by atoms with E-state index in [1.54, 1.807) is 6.92 Å². The van der Waals surface area contributed by atoms with E-state index in [9.17, 15) is 15.0 Å². The van der Waals surface area contributed by atoms with Gasteiger partial charge in [0.1, 0.15) is 5.78 Å². The van der Waals surface area contributed by atoms with Crippen LogP contribution in [0.25, 0.3) is 0 Å². The molecule has 0 unspecified atom stereocenters. The maximum Gasteiger partial charge on any atom is 0.142 e. The third-order valence-electron chi connectivity index (χ3n) is 5.42. The highest BCUT2D eigenvalue weighted by atomic mass is 16.3. The molecule has 18 heavy (non-hydrogen) atoms. The van der Waals surface area contributed by atoms with Crippen LogP contribution in [0, 0.1) is 23.2 Å². The molecule has 0 radical (unpaired) electrons. The van der Waals surface area contributed by atoms with Crippen molar-refractivity contribution in [3.05, 3.63) is 0 Å². The molecule has 0 amide bonds. The summed E-state index contributed by atoms with van der Waals surface area (Å²) in [6.07, 6.45) is 2.34. The van der Waals surface area contributed by atoms with E-state index in [0.29, 0.717) is 18.8 Å². The fourth-order valence-electron chi connectivity index (χ4n) is 4.23. The van der Waals surface area contributed by atoms with Gasteiger partial charge < -0.3 is 10.2 Å². The van der Waals surface area contributed by atoms with E-state index >= 15 is 0 Å². The van der Waals surface area contributed by atoms with Gasteiger partial charge in [0.05, 0.1) is 17.6 Å². The topological polar surface area (TPSA) is 57.5 Å². The molecular weight excluding hydrogens is 228 g/mol. The van der Waals surface area contributed by atoms with Crippen molar-refractivity contribution in [3.8, 4) is 0 Å². The van der Waals surface area contributed by atoms with E-state index in [2.05, 4.69) is 13.8 Å². The summed E-state index contributed by atoms with van der Waals surface area (Å²) in [6.45, 7) is 7.88. The molecule has 3 nitrogen and oxygen atoms in total. The summed E-state index contributed by atoms with van der Waals surface area (Å²) in [7, 11) is 0. The molecule has 2 aliphatic carbocycles. The molecule has 0 spiro atoms. The molecule has 2 saturated carbocycles. The molecule has 2 aliphatic rings. The Morgan fingerprint density at radius 1 is 1.22 bits per heavy atom. The van der Waals surface area contributed by atoms with Gasteiger partial charge in [-0.05, 0) is 38.5 Å². The van der Waals surface area contributed by atoms with Crippen molar-refractivity contribution >= 4 is 5.78 Å². The standard InChI is InChI=1S/C15H26O3/c1-9(2)10-5-7-14(3)11(16)6-8-15(4,18)13(14)12(10)17/h9-11,13,16,18H,5-8H2,1-4H3/t10-,11-,13+,14-,15+/m0/s1. The van der Waals surface area contributed by atoms with Gasteiger partial charge in [0.15, 0.2) is 0 Å². The van der Waals surface area contributed by atoms with Crippen LogP contribution >= 0.6 is 0 Å². The number of Topliss-reactive ketones (excluding diaryl/α,β-unsaturated/α-hetero) is 1. The molecule has 0 saturated heterocycles. The predicted octanol–water partition coefficient (Wildman–Crippen LogP) is 2.15. The van der Waals surface area contributed by atoms with Crippen molar-refractivity contribution in [1.29, 1.82) is 0 Å². The van der Waals surface area contributed by atoms with E-state index in [0.717, 1.165) is 12.8 Å². The second-order valence-electron chi connectivity index (χ2n) is 7.14. The molecule has 2 N–H and O–H groups in total. The average Bonchev–Trinajstić information content (AvgIpc) is 2.23. The highest BCUT2D eigenvalue weighted by molar-refractivity contribution is 5.86. The highest BCUT2D eigenvalue weighted by Gasteiger charge is 2.59. The van der Waals surface area contributed by atoms with Crippen LogP contribution in [-0.4, -0.2) is 27.7 Å². The third kappa shape index (κ3) is 1.92. The number of carbonyl (C=O) groups is 1. The summed E-state index contributed by atoms with van der Waals surface area (Å²) in [6, 6.07) is 0. The first-order valence-electron chi connectivity index (χ1n) is 7.14. The molecule has 0 aromatic carbocycles. The normalized spacial score (nSPS) is 49.3. The molecule has 5 atom stereocenters. The SMILES string of the molecule is CC(C)[C@@H]1CC[C@]2(C)[C@@H](C1=O)[C@](C)(O)CC[C@@H]2O. The minimum atomic E-state index is -0.960. The minimum Gasteiger partial charge on any atom is -0.393 e. The van der Waals surface area contributed by atoms with Gasteiger partial charge in [0.2, 0.25) is 0 Å². The lowest BCUT2D eigenvalue weighted by Crippen LogP contribution is -2.61. The molecule has 0 aromatic heterocycles. The molecule has 3 heteroatoms. The van der Waals surface area contributed by atoms with Crippen LogP contribution in [0.4, 0.5) is 0 Å². The summed E-state index contributed by atoms with van der Waals surface area (Å²) in [4.78, 5) is 12.7. The van der Waals surface area contributed by atoms with Gasteiger partial charge in [-0.3, -0.25) is 4.79 Å². The van der Waals surface area contributed by atoms with Crippen LogP contribution in [0.15, 0.2) is 0 Å². The van der Waals surface area contributed by atoms with Crippen LogP contribution in [-0.2, 0) is 4.79 Å². The Bertz CT molecular complexity index is 348. The number of fused-ring (bicyclic) bond motifs is 1. The van der Waals surface area contributed by atoms with E-state index < -0.39 is 23.0 Å². The maximum atomic E-state index is 12.7. The lowest BCUT2D eigenvalue weighted by molar-refractivity contribution is -0.184. The molecule has 0 aromatic rings. The number of rotatable bonds is 1. The minimum absolute atomic E-state index is 0.0415. The Labute approximate surface area is 110 Å². The number of ketones is 1. The lowest BCUT2D eigenvalue weighted by atomic mass is 9.51. The van der Waals surface area contributed by atoms with E-state index in [-0.39, 0.29) is 11.7 Å². The summed E-state index contributed by atoms with van der Waals surface area (Å²) in [5, 5.41) is 20.9. The van der Waals surface area contributed by atoms with E-state index in [1.807, 2.05) is 6.92 Å². The third-order valence-corrected chi connectivity index (χ3v) is 5.42. The lowest BCUT2D eigenvalue weighted by Gasteiger charge is -2.55. The largest absolute Gasteiger partial charge is 0.393 e. The Balaban J connectivity index is 2.38. The average molecular weight is 254 g/mol. The number of hydrogen-bond acceptors (Lipinski definition) is 3. The predicted molar refractivity (Wildman–Crippen MR) is 70.0 cm³/mol. The first-order chi connectivity index (χ1) is 8.20. The second-order valence-corrected chi connectivity index (χ2v) is 7.14. The fraction of sp³-hybridized carbons (Fsp3) is 0.933. The van der Waals surface area contributed by atoms with Gasteiger partial charge in [-0.25, -0.2) is 0 Å². The van der Waals surface area contributed by atoms with Gasteiger partial charge in [-0.2, -0.15) is 0 Å². The quantitative estimate of drug-likeness (QED) is 0.754. The number of carbonyl (C=O) groups excluding carboxylic acids is 1. The first kappa shape index (κ1) is 14.0. The zero-order chi connectivity index (χ0) is 13.7. The number of aliphatic hydroxyl groups excluding tert-OH is 1. The van der Waals surface area contributed by atoms with Crippen LogP contribution in [0.1, 0.15) is 53.4 Å². The zero-order valence-corrected chi connectivity index (χ0v) is 11.9. The van der Waals surface area contributed by atoms with Gasteiger partial charge in [0.25, 0.3) is 0 Å². The van der Waals surface area contributed by atoms with Crippen molar-refractivity contribution in [3.63, 3.8) is 0 Å². The summed E-state index contributed by atoms with van der Waals surface area (Å²) in [5.74, 6) is 0.120. The van der Waals surface area contributed by atoms with Gasteiger partial charge in [-0.1, -0.05) is 20.8 Å². The van der Waals surface area contributed by atoms with Crippen LogP contribution in [0.3, 0.4) is 0 Å². The summed E-state index contributed by atoms with van der Waals surface area (Å²) < 4.78 is 0. The molecule has 0 heterocycles. The highest BCUT2D eigenvalue weighted by Crippen LogP contribution is 2.54. The van der Waals surface area contributed by atoms with Gasteiger partial charge in [0, 0.05) is 11.3 Å². The Kier molecular flexibility index (Phi) is 3.35. The Morgan fingerprint density at radius 3 is 2.39 bits per heavy atom. The van der Waals surface area contributed by atoms with Gasteiger partial charge in [-0.15, -0.1) is 0 Å². The Morgan fingerprint density at radius 2 is 1.83 bits per heavy atom. The summed E-state index contributed by atoms with van der Waals surface area (Å²) in [5.41, 5.74) is -1.40. The fourth-order valence-corrected chi connectivity index (χ4v) is 4.23. The molecule has 0 aliphatic heterocycles. The van der Waals surface area contributed by atoms with Crippen molar-refractivity contribution in [2.24, 2.45) is 23.2 Å². The zero-order valence-electron chi connectivity index (χ0n) is 11.9. The van der Waals surface area contributed by atoms with Crippen molar-refractivity contribution < 1.29 is 15.0 Å². The Hall–Kier alpha value is -0.410. The second kappa shape index (κ2) is 4.31. The monoisotopic (exact) mass is 254 g/mol. The molecule has 104 valence electrons. The molecule has 0 bridgehead atoms. The van der Waals surface area contributed by atoms with Crippen LogP contribution in [0.2, 0.25) is 0 Å². The van der Waals surface area contributed by atoms with Crippen molar-refractivity contribution in [1.82, 2.24) is 0 Å². The van der Waals surface area contributed by atoms with Crippen molar-refractivity contribution in [2.45, 2.75) is 65.1 Å². The van der Waals surface area contributed by atoms with Crippen LogP contribution < -0.4 is 0 Å². The smallest absolute Gasteiger partial charge is 0.142 e. The molecule has 2 fully saturated rings.